The number of carbonyl (C=O) groups is 2. The minimum Gasteiger partial charge on any atom is -0.360 e. The molecule has 2 rings (SSSR count). The second-order valence-electron chi connectivity index (χ2n) is 5.18. The summed E-state index contributed by atoms with van der Waals surface area (Å²) in [7, 11) is 0. The first-order valence-electron chi connectivity index (χ1n) is 7.16. The van der Waals surface area contributed by atoms with Crippen LogP contribution in [0.2, 0.25) is 0 Å². The van der Waals surface area contributed by atoms with E-state index in [1.807, 2.05) is 31.2 Å². The fourth-order valence-corrected chi connectivity index (χ4v) is 2.45. The first kappa shape index (κ1) is 17.1. The molecule has 23 heavy (non-hydrogen) atoms. The Balaban J connectivity index is 1.76. The number of amides is 2. The molecule has 0 saturated heterocycles. The summed E-state index contributed by atoms with van der Waals surface area (Å²) in [5.74, 6) is 0.838. The fourth-order valence-electron chi connectivity index (χ4n) is 1.76. The van der Waals surface area contributed by atoms with Gasteiger partial charge in [0.2, 0.25) is 11.8 Å². The van der Waals surface area contributed by atoms with Gasteiger partial charge in [-0.05, 0) is 32.9 Å². The lowest BCUT2D eigenvalue weighted by Crippen LogP contribution is -2.25. The zero-order valence-electron chi connectivity index (χ0n) is 13.3. The monoisotopic (exact) mass is 333 g/mol. The molecule has 1 atom stereocenters. The van der Waals surface area contributed by atoms with Crippen LogP contribution in [0.3, 0.4) is 0 Å². The summed E-state index contributed by atoms with van der Waals surface area (Å²) >= 11 is 1.26. The summed E-state index contributed by atoms with van der Waals surface area (Å²) < 4.78 is 4.88. The smallest absolute Gasteiger partial charge is 0.238 e. The van der Waals surface area contributed by atoms with Gasteiger partial charge >= 0.3 is 0 Å². The van der Waals surface area contributed by atoms with Crippen LogP contribution in [0.15, 0.2) is 34.9 Å². The number of nitrogens with zero attached hydrogens (tertiary/aromatic N) is 1. The first-order valence-corrected chi connectivity index (χ1v) is 8.21. The van der Waals surface area contributed by atoms with Gasteiger partial charge in [0, 0.05) is 11.8 Å². The summed E-state index contributed by atoms with van der Waals surface area (Å²) in [6, 6.07) is 9.19. The van der Waals surface area contributed by atoms with Crippen molar-refractivity contribution in [3.05, 3.63) is 41.7 Å². The van der Waals surface area contributed by atoms with Gasteiger partial charge in [-0.3, -0.25) is 9.59 Å². The number of aromatic nitrogens is 1. The molecule has 2 N–H and O–H groups in total. The Morgan fingerprint density at radius 2 is 1.91 bits per heavy atom. The molecule has 2 amide bonds. The third-order valence-corrected chi connectivity index (χ3v) is 4.19. The molecule has 2 aromatic rings. The second kappa shape index (κ2) is 7.82. The molecule has 0 fully saturated rings. The van der Waals surface area contributed by atoms with Gasteiger partial charge in [0.25, 0.3) is 0 Å². The van der Waals surface area contributed by atoms with Crippen LogP contribution >= 0.6 is 11.8 Å². The number of nitrogens with one attached hydrogen (secondary N) is 2. The van der Waals surface area contributed by atoms with Gasteiger partial charge in [-0.1, -0.05) is 22.9 Å². The Morgan fingerprint density at radius 3 is 2.52 bits per heavy atom. The maximum absolute atomic E-state index is 12.0. The Hall–Kier alpha value is -2.28. The maximum Gasteiger partial charge on any atom is 0.238 e. The quantitative estimate of drug-likeness (QED) is 0.849. The molecule has 122 valence electrons. The first-order chi connectivity index (χ1) is 10.9. The lowest BCUT2D eigenvalue weighted by molar-refractivity contribution is -0.115. The van der Waals surface area contributed by atoms with Gasteiger partial charge in [0.05, 0.1) is 11.0 Å². The molecule has 0 radical (unpaired) electrons. The van der Waals surface area contributed by atoms with Gasteiger partial charge in [0.15, 0.2) is 5.82 Å². The van der Waals surface area contributed by atoms with E-state index in [4.69, 9.17) is 4.52 Å². The third-order valence-electron chi connectivity index (χ3n) is 3.05. The van der Waals surface area contributed by atoms with Gasteiger partial charge in [-0.25, -0.2) is 0 Å². The van der Waals surface area contributed by atoms with E-state index in [0.29, 0.717) is 11.6 Å². The van der Waals surface area contributed by atoms with Crippen LogP contribution in [0.5, 0.6) is 0 Å². The molecular formula is C16H19N3O3S. The molecule has 0 aliphatic carbocycles. The van der Waals surface area contributed by atoms with E-state index >= 15 is 0 Å². The Labute approximate surface area is 139 Å². The predicted molar refractivity (Wildman–Crippen MR) is 91.6 cm³/mol. The standard InChI is InChI=1S/C16H19N3O3S/c1-10-4-6-13(7-5-10)17-15(20)9-23-12(3)16(21)18-14-8-11(2)22-19-14/h4-8,12H,9H2,1-3H3,(H,17,20)(H,18,19,21)/t12-/m1/s1. The van der Waals surface area contributed by atoms with Crippen molar-refractivity contribution >= 4 is 35.1 Å². The summed E-state index contributed by atoms with van der Waals surface area (Å²) in [5, 5.41) is 8.77. The largest absolute Gasteiger partial charge is 0.360 e. The van der Waals surface area contributed by atoms with Crippen molar-refractivity contribution in [3.8, 4) is 0 Å². The number of aryl methyl sites for hydroxylation is 2. The summed E-state index contributed by atoms with van der Waals surface area (Å²) in [6.45, 7) is 5.47. The van der Waals surface area contributed by atoms with Crippen LogP contribution in [0.25, 0.3) is 0 Å². The molecule has 6 nitrogen and oxygen atoms in total. The molecule has 0 spiro atoms. The average molecular weight is 333 g/mol. The zero-order valence-corrected chi connectivity index (χ0v) is 14.1. The van der Waals surface area contributed by atoms with Crippen LogP contribution in [0, 0.1) is 13.8 Å². The lowest BCUT2D eigenvalue weighted by Gasteiger charge is -2.10. The van der Waals surface area contributed by atoms with E-state index < -0.39 is 0 Å². The number of carbonyl (C=O) groups excluding carboxylic acids is 2. The van der Waals surface area contributed by atoms with Crippen LogP contribution < -0.4 is 10.6 Å². The van der Waals surface area contributed by atoms with Gasteiger partial charge in [-0.15, -0.1) is 11.8 Å². The molecule has 0 aliphatic heterocycles. The van der Waals surface area contributed by atoms with Crippen LogP contribution in [-0.4, -0.2) is 28.0 Å². The highest BCUT2D eigenvalue weighted by Gasteiger charge is 2.16. The molecule has 0 aliphatic rings. The van der Waals surface area contributed by atoms with Crippen LogP contribution in [0.1, 0.15) is 18.2 Å². The van der Waals surface area contributed by atoms with E-state index in [9.17, 15) is 9.59 Å². The highest BCUT2D eigenvalue weighted by molar-refractivity contribution is 8.01. The normalized spacial score (nSPS) is 11.8. The Morgan fingerprint density at radius 1 is 1.22 bits per heavy atom. The topological polar surface area (TPSA) is 84.2 Å². The Kier molecular flexibility index (Phi) is 5.81. The summed E-state index contributed by atoms with van der Waals surface area (Å²) in [4.78, 5) is 23.9. The van der Waals surface area contributed by atoms with E-state index in [-0.39, 0.29) is 22.8 Å². The van der Waals surface area contributed by atoms with E-state index in [0.717, 1.165) is 11.3 Å². The molecule has 0 bridgehead atoms. The molecule has 1 heterocycles. The molecule has 0 saturated carbocycles. The summed E-state index contributed by atoms with van der Waals surface area (Å²) in [6.07, 6.45) is 0. The lowest BCUT2D eigenvalue weighted by atomic mass is 10.2. The number of hydrogen-bond acceptors (Lipinski definition) is 5. The van der Waals surface area contributed by atoms with Crippen molar-refractivity contribution < 1.29 is 14.1 Å². The predicted octanol–water partition coefficient (Wildman–Crippen LogP) is 2.99. The van der Waals surface area contributed by atoms with Gasteiger partial charge in [0.1, 0.15) is 5.76 Å². The van der Waals surface area contributed by atoms with Gasteiger partial charge < -0.3 is 15.2 Å². The van der Waals surface area contributed by atoms with E-state index in [1.165, 1.54) is 11.8 Å². The number of anilines is 2. The van der Waals surface area contributed by atoms with Crippen molar-refractivity contribution in [2.75, 3.05) is 16.4 Å². The number of thioether (sulfide) groups is 1. The van der Waals surface area contributed by atoms with E-state index in [2.05, 4.69) is 15.8 Å². The number of hydrogen-bond donors (Lipinski definition) is 2. The van der Waals surface area contributed by atoms with Gasteiger partial charge in [-0.2, -0.15) is 0 Å². The summed E-state index contributed by atoms with van der Waals surface area (Å²) in [5.41, 5.74) is 1.88. The average Bonchev–Trinajstić information content (AvgIpc) is 2.92. The van der Waals surface area contributed by atoms with Crippen LogP contribution in [0.4, 0.5) is 11.5 Å². The van der Waals surface area contributed by atoms with Crippen molar-refractivity contribution in [2.45, 2.75) is 26.0 Å². The second-order valence-corrected chi connectivity index (χ2v) is 6.51. The third kappa shape index (κ3) is 5.45. The molecule has 0 unspecified atom stereocenters. The zero-order chi connectivity index (χ0) is 16.8. The highest BCUT2D eigenvalue weighted by atomic mass is 32.2. The maximum atomic E-state index is 12.0. The van der Waals surface area contributed by atoms with Crippen molar-refractivity contribution in [1.82, 2.24) is 5.16 Å². The fraction of sp³-hybridized carbons (Fsp3) is 0.312. The molecule has 1 aromatic carbocycles. The SMILES string of the molecule is Cc1ccc(NC(=O)CS[C@H](C)C(=O)Nc2cc(C)on2)cc1. The van der Waals surface area contributed by atoms with Crippen molar-refractivity contribution in [3.63, 3.8) is 0 Å². The number of benzene rings is 1. The van der Waals surface area contributed by atoms with Crippen LogP contribution in [-0.2, 0) is 9.59 Å². The highest BCUT2D eigenvalue weighted by Crippen LogP contribution is 2.15. The minimum atomic E-state index is -0.379. The van der Waals surface area contributed by atoms with E-state index in [1.54, 1.807) is 19.9 Å². The van der Waals surface area contributed by atoms with Crippen molar-refractivity contribution in [2.24, 2.45) is 0 Å². The Bertz CT molecular complexity index is 682. The molecule has 1 aromatic heterocycles. The van der Waals surface area contributed by atoms with Crippen molar-refractivity contribution in [1.29, 1.82) is 0 Å². The molecule has 7 heteroatoms. The molecular weight excluding hydrogens is 314 g/mol. The minimum absolute atomic E-state index is 0.143. The number of rotatable bonds is 6.